The zero-order valence-electron chi connectivity index (χ0n) is 8.88. The first-order chi connectivity index (χ1) is 6.47. The molecule has 0 aromatic carbocycles. The smallest absolute Gasteiger partial charge is 0.390 e. The van der Waals surface area contributed by atoms with Gasteiger partial charge in [-0.1, -0.05) is 6.92 Å². The van der Waals surface area contributed by atoms with Crippen LogP contribution in [0.1, 0.15) is 13.3 Å². The summed E-state index contributed by atoms with van der Waals surface area (Å²) in [5, 5.41) is 0. The topological polar surface area (TPSA) is 116 Å². The van der Waals surface area contributed by atoms with Crippen LogP contribution in [0.15, 0.2) is 0 Å². The molecule has 0 spiro atoms. The van der Waals surface area contributed by atoms with E-state index < -0.39 is 25.2 Å². The van der Waals surface area contributed by atoms with Gasteiger partial charge in [0, 0.05) is 19.3 Å². The highest BCUT2D eigenvalue weighted by Crippen LogP contribution is 2.51. The molecule has 0 saturated heterocycles. The van der Waals surface area contributed by atoms with E-state index in [-0.39, 0.29) is 6.16 Å². The Hall–Kier alpha value is 0.424. The second-order valence-electron chi connectivity index (χ2n) is 3.38. The van der Waals surface area contributed by atoms with Crippen LogP contribution in [0.4, 0.5) is 0 Å². The summed E-state index contributed by atoms with van der Waals surface area (Å²) in [6.45, 7) is 3.67. The van der Waals surface area contributed by atoms with E-state index in [2.05, 4.69) is 8.43 Å². The molecule has 0 rings (SSSR count). The maximum atomic E-state index is 11.8. The van der Waals surface area contributed by atoms with E-state index in [4.69, 9.17) is 19.2 Å². The van der Waals surface area contributed by atoms with Crippen LogP contribution in [-0.4, -0.2) is 43.0 Å². The Morgan fingerprint density at radius 1 is 1.07 bits per heavy atom. The van der Waals surface area contributed by atoms with Crippen molar-refractivity contribution in [1.29, 1.82) is 0 Å². The lowest BCUT2D eigenvalue weighted by Gasteiger charge is -2.25. The highest BCUT2D eigenvalue weighted by Gasteiger charge is 2.42. The molecule has 0 aliphatic carbocycles. The van der Waals surface area contributed by atoms with Crippen molar-refractivity contribution in [2.45, 2.75) is 26.4 Å². The fourth-order valence-electron chi connectivity index (χ4n) is 0.911. The van der Waals surface area contributed by atoms with Crippen molar-refractivity contribution in [2.24, 2.45) is 0 Å². The van der Waals surface area contributed by atoms with E-state index in [1.807, 2.05) is 0 Å². The minimum absolute atomic E-state index is 0.0968. The summed E-state index contributed by atoms with van der Waals surface area (Å²) in [4.78, 5) is 36.2. The molecular weight excluding hydrogens is 259 g/mol. The first kappa shape index (κ1) is 15.4. The van der Waals surface area contributed by atoms with E-state index in [1.165, 1.54) is 0 Å². The summed E-state index contributed by atoms with van der Waals surface area (Å²) in [5.74, 6) is 0. The monoisotopic (exact) mass is 276 g/mol. The number of hydrogen-bond donors (Lipinski definition) is 4. The van der Waals surface area contributed by atoms with E-state index in [0.29, 0.717) is 6.42 Å². The van der Waals surface area contributed by atoms with Gasteiger partial charge in [-0.25, -0.2) is 0 Å². The van der Waals surface area contributed by atoms with Gasteiger partial charge in [-0.05, 0) is 6.42 Å². The Bertz CT molecular complexity index is 225. The molecule has 7 nitrogen and oxygen atoms in total. The fraction of sp³-hybridized carbons (Fsp3) is 1.00. The van der Waals surface area contributed by atoms with Gasteiger partial charge in [0.2, 0.25) is 0 Å². The van der Waals surface area contributed by atoms with E-state index >= 15 is 0 Å². The first-order valence-corrected chi connectivity index (χ1v) is 10.7. The molecule has 0 radical (unpaired) electrons. The Kier molecular flexibility index (Phi) is 5.32. The van der Waals surface area contributed by atoms with Crippen molar-refractivity contribution in [3.8, 4) is 0 Å². The van der Waals surface area contributed by atoms with Gasteiger partial charge in [-0.15, -0.1) is 0 Å². The Morgan fingerprint density at radius 3 is 1.60 bits per heavy atom. The zero-order valence-corrected chi connectivity index (χ0v) is 11.8. The van der Waals surface area contributed by atoms with Crippen molar-refractivity contribution < 1.29 is 32.2 Å². The van der Waals surface area contributed by atoms with Crippen molar-refractivity contribution in [3.05, 3.63) is 0 Å². The van der Waals surface area contributed by atoms with Crippen LogP contribution in [0.25, 0.3) is 0 Å². The molecule has 10 heteroatoms. The summed E-state index contributed by atoms with van der Waals surface area (Å²) >= 11 is 0. The molecule has 0 bridgehead atoms. The molecule has 0 aromatic heterocycles. The maximum Gasteiger partial charge on any atom is 0.499 e. The van der Waals surface area contributed by atoms with Crippen LogP contribution in [-0.2, 0) is 13.0 Å². The summed E-state index contributed by atoms with van der Waals surface area (Å²) in [6.07, 6.45) is 0.298. The molecule has 0 aliphatic rings. The maximum absolute atomic E-state index is 11.8. The average Bonchev–Trinajstić information content (AvgIpc) is 1.74. The zero-order chi connectivity index (χ0) is 12.3. The highest BCUT2D eigenvalue weighted by atomic mass is 31.2. The van der Waals surface area contributed by atoms with Gasteiger partial charge in [0.05, 0.1) is 0 Å². The van der Waals surface area contributed by atoms with Gasteiger partial charge >= 0.3 is 25.2 Å². The SMILES string of the molecule is CCCP(=O)(O[Si](C)(O)O)O[Si](C)(O)O. The van der Waals surface area contributed by atoms with Crippen LogP contribution in [0.2, 0.25) is 13.1 Å². The summed E-state index contributed by atoms with van der Waals surface area (Å²) in [5.41, 5.74) is 0. The lowest BCUT2D eigenvalue weighted by Crippen LogP contribution is -2.38. The largest absolute Gasteiger partial charge is 0.499 e. The molecule has 4 N–H and O–H groups in total. The lowest BCUT2D eigenvalue weighted by atomic mass is 10.6. The van der Waals surface area contributed by atoms with Gasteiger partial charge in [-0.3, -0.25) is 4.57 Å². The number of hydrogen-bond acceptors (Lipinski definition) is 7. The van der Waals surface area contributed by atoms with Crippen molar-refractivity contribution in [3.63, 3.8) is 0 Å². The lowest BCUT2D eigenvalue weighted by molar-refractivity contribution is 0.200. The Morgan fingerprint density at radius 2 is 1.40 bits per heavy atom. The van der Waals surface area contributed by atoms with Gasteiger partial charge in [0.15, 0.2) is 0 Å². The summed E-state index contributed by atoms with van der Waals surface area (Å²) < 4.78 is 20.9. The molecule has 15 heavy (non-hydrogen) atoms. The summed E-state index contributed by atoms with van der Waals surface area (Å²) in [7, 11) is -11.9. The van der Waals surface area contributed by atoms with Crippen LogP contribution in [0, 0.1) is 0 Å². The summed E-state index contributed by atoms with van der Waals surface area (Å²) in [6, 6.07) is 0. The molecule has 0 aromatic rings. The average molecular weight is 276 g/mol. The Labute approximate surface area is 90.6 Å². The van der Waals surface area contributed by atoms with Crippen LogP contribution < -0.4 is 0 Å². The minimum Gasteiger partial charge on any atom is -0.390 e. The van der Waals surface area contributed by atoms with Crippen LogP contribution in [0.5, 0.6) is 0 Å². The molecule has 0 heterocycles. The quantitative estimate of drug-likeness (QED) is 0.390. The first-order valence-electron chi connectivity index (χ1n) is 4.37. The third kappa shape index (κ3) is 8.25. The molecular formula is C5H17O7PSi2. The standard InChI is InChI=1S/C5H17O7PSi2/c1-4-5-13(6,11-14(2,7)8)12-15(3,9)10/h7-10H,4-5H2,1-3H3. The minimum atomic E-state index is -4.02. The van der Waals surface area contributed by atoms with Crippen molar-refractivity contribution >= 4 is 25.2 Å². The molecule has 0 saturated carbocycles. The van der Waals surface area contributed by atoms with Crippen LogP contribution >= 0.6 is 7.60 Å². The van der Waals surface area contributed by atoms with Gasteiger partial charge in [-0.2, -0.15) is 0 Å². The van der Waals surface area contributed by atoms with Crippen LogP contribution in [0.3, 0.4) is 0 Å². The number of rotatable bonds is 6. The van der Waals surface area contributed by atoms with Gasteiger partial charge in [0.25, 0.3) is 0 Å². The van der Waals surface area contributed by atoms with Gasteiger partial charge < -0.3 is 27.6 Å². The fourth-order valence-corrected chi connectivity index (χ4v) is 6.89. The van der Waals surface area contributed by atoms with E-state index in [1.54, 1.807) is 6.92 Å². The Balaban J connectivity index is 4.68. The van der Waals surface area contributed by atoms with E-state index in [9.17, 15) is 4.57 Å². The van der Waals surface area contributed by atoms with Crippen molar-refractivity contribution in [2.75, 3.05) is 6.16 Å². The molecule has 0 atom stereocenters. The molecule has 0 aliphatic heterocycles. The molecule has 92 valence electrons. The molecule has 0 unspecified atom stereocenters. The molecule has 0 amide bonds. The van der Waals surface area contributed by atoms with Gasteiger partial charge in [0.1, 0.15) is 0 Å². The second kappa shape index (κ2) is 5.17. The molecule has 0 fully saturated rings. The highest BCUT2D eigenvalue weighted by molar-refractivity contribution is 7.56. The predicted molar refractivity (Wildman–Crippen MR) is 57.0 cm³/mol. The third-order valence-electron chi connectivity index (χ3n) is 1.12. The third-order valence-corrected chi connectivity index (χ3v) is 7.11. The van der Waals surface area contributed by atoms with Crippen molar-refractivity contribution in [1.82, 2.24) is 0 Å². The second-order valence-corrected chi connectivity index (χ2v) is 10.3. The predicted octanol–water partition coefficient (Wildman–Crippen LogP) is -0.271. The normalized spacial score (nSPS) is 14.3. The van der Waals surface area contributed by atoms with E-state index in [0.717, 1.165) is 13.1 Å².